The molecule has 2 nitrogen and oxygen atoms in total. The molecule has 92 valence electrons. The molecule has 0 aromatic rings. The van der Waals surface area contributed by atoms with Gasteiger partial charge in [0.2, 0.25) is 0 Å². The van der Waals surface area contributed by atoms with Gasteiger partial charge in [-0.3, -0.25) is 0 Å². The van der Waals surface area contributed by atoms with Gasteiger partial charge < -0.3 is 9.84 Å². The Morgan fingerprint density at radius 1 is 1.12 bits per heavy atom. The Kier molecular flexibility index (Phi) is 4.86. The number of hydrogen-bond donors (Lipinski definition) is 1. The molecule has 1 atom stereocenters. The van der Waals surface area contributed by atoms with Gasteiger partial charge in [0.15, 0.2) is 0 Å². The van der Waals surface area contributed by atoms with Gasteiger partial charge in [0.1, 0.15) is 0 Å². The van der Waals surface area contributed by atoms with Crippen molar-refractivity contribution in [2.45, 2.75) is 57.5 Å². The van der Waals surface area contributed by atoms with Crippen molar-refractivity contribution >= 4 is 0 Å². The summed E-state index contributed by atoms with van der Waals surface area (Å²) in [5.74, 6) is 0.444. The molecular weight excluding hydrogens is 200 g/mol. The van der Waals surface area contributed by atoms with Crippen LogP contribution in [0.1, 0.15) is 51.4 Å². The van der Waals surface area contributed by atoms with Crippen molar-refractivity contribution in [2.75, 3.05) is 13.2 Å². The van der Waals surface area contributed by atoms with Gasteiger partial charge in [-0.15, -0.1) is 0 Å². The topological polar surface area (TPSA) is 29.5 Å². The molecule has 1 aliphatic heterocycles. The largest absolute Gasteiger partial charge is 0.388 e. The van der Waals surface area contributed by atoms with Crippen LogP contribution in [0.4, 0.5) is 0 Å². The molecule has 0 aromatic carbocycles. The van der Waals surface area contributed by atoms with Crippen LogP contribution in [0.3, 0.4) is 0 Å². The predicted molar refractivity (Wildman–Crippen MR) is 65.3 cm³/mol. The minimum Gasteiger partial charge on any atom is -0.388 e. The lowest BCUT2D eigenvalue weighted by Crippen LogP contribution is -2.29. The summed E-state index contributed by atoms with van der Waals surface area (Å²) in [7, 11) is 0. The first-order valence-electron chi connectivity index (χ1n) is 6.82. The van der Waals surface area contributed by atoms with E-state index in [4.69, 9.17) is 4.74 Å². The number of aliphatic hydroxyl groups is 1. The molecule has 1 aliphatic carbocycles. The zero-order valence-electron chi connectivity index (χ0n) is 10.2. The van der Waals surface area contributed by atoms with Crippen molar-refractivity contribution in [2.24, 2.45) is 5.92 Å². The van der Waals surface area contributed by atoms with E-state index in [1.54, 1.807) is 0 Å². The first-order chi connectivity index (χ1) is 7.88. The second-order valence-corrected chi connectivity index (χ2v) is 5.13. The Hall–Kier alpha value is -0.340. The lowest BCUT2D eigenvalue weighted by atomic mass is 9.85. The molecule has 0 amide bonds. The molecule has 2 aliphatic rings. The summed E-state index contributed by atoms with van der Waals surface area (Å²) in [5, 5.41) is 10.4. The van der Waals surface area contributed by atoms with Crippen molar-refractivity contribution < 1.29 is 9.84 Å². The summed E-state index contributed by atoms with van der Waals surface area (Å²) in [5.41, 5.74) is 1.31. The third kappa shape index (κ3) is 3.33. The smallest absolute Gasteiger partial charge is 0.0779 e. The van der Waals surface area contributed by atoms with E-state index >= 15 is 0 Å². The molecular formula is C14H24O2. The Labute approximate surface area is 98.7 Å². The van der Waals surface area contributed by atoms with Crippen LogP contribution in [-0.4, -0.2) is 24.4 Å². The maximum Gasteiger partial charge on any atom is 0.0779 e. The van der Waals surface area contributed by atoms with Crippen molar-refractivity contribution in [3.05, 3.63) is 11.6 Å². The second kappa shape index (κ2) is 6.41. The van der Waals surface area contributed by atoms with E-state index in [0.29, 0.717) is 5.92 Å². The number of hydrogen-bond acceptors (Lipinski definition) is 2. The predicted octanol–water partition coefficient (Wildman–Crippen LogP) is 3.05. The average molecular weight is 224 g/mol. The molecule has 16 heavy (non-hydrogen) atoms. The molecule has 0 saturated carbocycles. The fourth-order valence-electron chi connectivity index (χ4n) is 2.82. The van der Waals surface area contributed by atoms with Gasteiger partial charge in [-0.2, -0.15) is 0 Å². The molecule has 0 radical (unpaired) electrons. The number of aliphatic hydroxyl groups excluding tert-OH is 1. The van der Waals surface area contributed by atoms with Gasteiger partial charge in [0.25, 0.3) is 0 Å². The van der Waals surface area contributed by atoms with Crippen molar-refractivity contribution in [1.82, 2.24) is 0 Å². The maximum absolute atomic E-state index is 10.4. The monoisotopic (exact) mass is 224 g/mol. The molecule has 2 heteroatoms. The van der Waals surface area contributed by atoms with Crippen LogP contribution in [0.25, 0.3) is 0 Å². The van der Waals surface area contributed by atoms with E-state index in [1.807, 2.05) is 0 Å². The molecule has 1 fully saturated rings. The minimum absolute atomic E-state index is 0.193. The van der Waals surface area contributed by atoms with Crippen molar-refractivity contribution in [1.29, 1.82) is 0 Å². The quantitative estimate of drug-likeness (QED) is 0.730. The third-order valence-corrected chi connectivity index (χ3v) is 3.92. The minimum atomic E-state index is -0.193. The summed E-state index contributed by atoms with van der Waals surface area (Å²) in [6.07, 6.45) is 11.7. The van der Waals surface area contributed by atoms with Crippen molar-refractivity contribution in [3.8, 4) is 0 Å². The van der Waals surface area contributed by atoms with Gasteiger partial charge in [-0.1, -0.05) is 18.9 Å². The summed E-state index contributed by atoms with van der Waals surface area (Å²) in [4.78, 5) is 0. The van der Waals surface area contributed by atoms with Crippen LogP contribution < -0.4 is 0 Å². The summed E-state index contributed by atoms with van der Waals surface area (Å²) in [6.45, 7) is 1.66. The molecule has 1 unspecified atom stereocenters. The molecule has 1 heterocycles. The SMILES string of the molecule is OC(C1=CCCCCCC1)C1CCOCC1. The first-order valence-corrected chi connectivity index (χ1v) is 6.82. The van der Waals surface area contributed by atoms with E-state index in [9.17, 15) is 5.11 Å². The van der Waals surface area contributed by atoms with E-state index in [0.717, 1.165) is 38.9 Å². The van der Waals surface area contributed by atoms with Gasteiger partial charge in [0, 0.05) is 13.2 Å². The van der Waals surface area contributed by atoms with E-state index in [2.05, 4.69) is 6.08 Å². The molecule has 1 saturated heterocycles. The lowest BCUT2D eigenvalue weighted by Gasteiger charge is -2.29. The normalized spacial score (nSPS) is 26.7. The van der Waals surface area contributed by atoms with Crippen molar-refractivity contribution in [3.63, 3.8) is 0 Å². The first kappa shape index (κ1) is 12.1. The fraction of sp³-hybridized carbons (Fsp3) is 0.857. The van der Waals surface area contributed by atoms with Gasteiger partial charge in [-0.05, 0) is 50.0 Å². The van der Waals surface area contributed by atoms with Gasteiger partial charge in [0.05, 0.1) is 6.10 Å². The molecule has 2 rings (SSSR count). The molecule has 0 aromatic heterocycles. The third-order valence-electron chi connectivity index (χ3n) is 3.92. The maximum atomic E-state index is 10.4. The second-order valence-electron chi connectivity index (χ2n) is 5.13. The van der Waals surface area contributed by atoms with Crippen LogP contribution >= 0.6 is 0 Å². The van der Waals surface area contributed by atoms with Crippen LogP contribution in [0, 0.1) is 5.92 Å². The van der Waals surface area contributed by atoms with E-state index in [1.165, 1.54) is 31.3 Å². The molecule has 1 N–H and O–H groups in total. The Morgan fingerprint density at radius 3 is 2.69 bits per heavy atom. The zero-order valence-corrected chi connectivity index (χ0v) is 10.2. The zero-order chi connectivity index (χ0) is 11.2. The van der Waals surface area contributed by atoms with E-state index in [-0.39, 0.29) is 6.10 Å². The Balaban J connectivity index is 1.92. The summed E-state index contributed by atoms with van der Waals surface area (Å²) < 4.78 is 5.35. The molecule has 0 bridgehead atoms. The number of allylic oxidation sites excluding steroid dienone is 1. The summed E-state index contributed by atoms with van der Waals surface area (Å²) in [6, 6.07) is 0. The summed E-state index contributed by atoms with van der Waals surface area (Å²) >= 11 is 0. The Morgan fingerprint density at radius 2 is 1.88 bits per heavy atom. The van der Waals surface area contributed by atoms with Crippen LogP contribution in [0.5, 0.6) is 0 Å². The Bertz CT molecular complexity index is 229. The van der Waals surface area contributed by atoms with E-state index < -0.39 is 0 Å². The number of rotatable bonds is 2. The van der Waals surface area contributed by atoms with Crippen LogP contribution in [0.2, 0.25) is 0 Å². The highest BCUT2D eigenvalue weighted by Gasteiger charge is 2.24. The van der Waals surface area contributed by atoms with Crippen LogP contribution in [0.15, 0.2) is 11.6 Å². The van der Waals surface area contributed by atoms with Gasteiger partial charge >= 0.3 is 0 Å². The highest BCUT2D eigenvalue weighted by molar-refractivity contribution is 5.10. The standard InChI is InChI=1S/C14H24O2/c15-14(13-8-10-16-11-9-13)12-6-4-2-1-3-5-7-12/h6,13-15H,1-5,7-11H2. The highest BCUT2D eigenvalue weighted by atomic mass is 16.5. The highest BCUT2D eigenvalue weighted by Crippen LogP contribution is 2.28. The van der Waals surface area contributed by atoms with Gasteiger partial charge in [-0.25, -0.2) is 0 Å². The molecule has 0 spiro atoms. The van der Waals surface area contributed by atoms with Crippen LogP contribution in [-0.2, 0) is 4.74 Å². The fourth-order valence-corrected chi connectivity index (χ4v) is 2.82. The number of ether oxygens (including phenoxy) is 1. The average Bonchev–Trinajstić information content (AvgIpc) is 2.29. The lowest BCUT2D eigenvalue weighted by molar-refractivity contribution is 0.0198.